The SMILES string of the molecule is C=C/C=C(/Cc1ccc(Cl)cc1)NC(C)=Nc1ccc(C(C)=O)cc1. The minimum absolute atomic E-state index is 0.0459. The zero-order valence-corrected chi connectivity index (χ0v) is 15.2. The number of halogens is 1. The van der Waals surface area contributed by atoms with Gasteiger partial charge >= 0.3 is 0 Å². The summed E-state index contributed by atoms with van der Waals surface area (Å²) in [5.74, 6) is 0.808. The van der Waals surface area contributed by atoms with Crippen molar-refractivity contribution in [3.63, 3.8) is 0 Å². The summed E-state index contributed by atoms with van der Waals surface area (Å²) in [4.78, 5) is 15.9. The number of carbonyl (C=O) groups is 1. The van der Waals surface area contributed by atoms with Crippen molar-refractivity contribution in [1.29, 1.82) is 0 Å². The molecule has 0 spiro atoms. The number of carbonyl (C=O) groups excluding carboxylic acids is 1. The molecule has 0 amide bonds. The van der Waals surface area contributed by atoms with E-state index in [2.05, 4.69) is 16.9 Å². The average molecular weight is 353 g/mol. The second-order valence-electron chi connectivity index (χ2n) is 5.66. The summed E-state index contributed by atoms with van der Waals surface area (Å²) in [5.41, 5.74) is 3.60. The molecule has 3 nitrogen and oxygen atoms in total. The van der Waals surface area contributed by atoms with Crippen LogP contribution in [-0.4, -0.2) is 11.6 Å². The van der Waals surface area contributed by atoms with E-state index in [0.29, 0.717) is 5.56 Å². The number of nitrogens with one attached hydrogen (secondary N) is 1. The smallest absolute Gasteiger partial charge is 0.159 e. The minimum atomic E-state index is 0.0459. The Bertz CT molecular complexity index is 803. The number of benzene rings is 2. The minimum Gasteiger partial charge on any atom is -0.347 e. The van der Waals surface area contributed by atoms with Gasteiger partial charge in [0.25, 0.3) is 0 Å². The summed E-state index contributed by atoms with van der Waals surface area (Å²) in [7, 11) is 0. The van der Waals surface area contributed by atoms with Gasteiger partial charge in [0.15, 0.2) is 5.78 Å². The van der Waals surface area contributed by atoms with Gasteiger partial charge in [0, 0.05) is 22.7 Å². The number of nitrogens with zero attached hydrogens (tertiary/aromatic N) is 1. The molecule has 0 radical (unpaired) electrons. The summed E-state index contributed by atoms with van der Waals surface area (Å²) in [6.07, 6.45) is 4.39. The molecule has 4 heteroatoms. The normalized spacial score (nSPS) is 12.0. The van der Waals surface area contributed by atoms with Crippen molar-refractivity contribution in [2.45, 2.75) is 20.3 Å². The molecular weight excluding hydrogens is 332 g/mol. The number of ketones is 1. The van der Waals surface area contributed by atoms with Gasteiger partial charge in [-0.1, -0.05) is 36.4 Å². The quantitative estimate of drug-likeness (QED) is 0.323. The summed E-state index contributed by atoms with van der Waals surface area (Å²) >= 11 is 5.93. The maximum atomic E-state index is 11.3. The van der Waals surface area contributed by atoms with Crippen LogP contribution in [0, 0.1) is 0 Å². The maximum Gasteiger partial charge on any atom is 0.159 e. The molecule has 0 saturated heterocycles. The molecule has 2 rings (SSSR count). The van der Waals surface area contributed by atoms with Gasteiger partial charge in [-0.3, -0.25) is 4.79 Å². The van der Waals surface area contributed by atoms with Gasteiger partial charge in [-0.2, -0.15) is 0 Å². The third-order valence-electron chi connectivity index (χ3n) is 3.54. The first kappa shape index (κ1) is 18.7. The molecule has 0 unspecified atom stereocenters. The number of hydrogen-bond acceptors (Lipinski definition) is 2. The van der Waals surface area contributed by atoms with Crippen LogP contribution >= 0.6 is 11.6 Å². The van der Waals surface area contributed by atoms with E-state index in [4.69, 9.17) is 11.6 Å². The molecule has 2 aromatic rings. The highest BCUT2D eigenvalue weighted by Crippen LogP contribution is 2.15. The highest BCUT2D eigenvalue weighted by Gasteiger charge is 2.02. The number of aliphatic imine (C=N–C) groups is 1. The van der Waals surface area contributed by atoms with Crippen molar-refractivity contribution in [2.75, 3.05) is 0 Å². The molecular formula is C21H21ClN2O. The second-order valence-corrected chi connectivity index (χ2v) is 6.09. The highest BCUT2D eigenvalue weighted by atomic mass is 35.5. The van der Waals surface area contributed by atoms with Crippen LogP contribution in [0.4, 0.5) is 5.69 Å². The second kappa shape index (κ2) is 9.00. The monoisotopic (exact) mass is 352 g/mol. The predicted octanol–water partition coefficient (Wildman–Crippen LogP) is 5.49. The average Bonchev–Trinajstić information content (AvgIpc) is 2.57. The van der Waals surface area contributed by atoms with Crippen LogP contribution in [0.2, 0.25) is 5.02 Å². The number of Topliss-reactive ketones (excluding diaryl/α,β-unsaturated/α-hetero) is 1. The lowest BCUT2D eigenvalue weighted by molar-refractivity contribution is 0.101. The van der Waals surface area contributed by atoms with Crippen molar-refractivity contribution in [3.8, 4) is 0 Å². The lowest BCUT2D eigenvalue weighted by Crippen LogP contribution is -2.20. The van der Waals surface area contributed by atoms with Crippen LogP contribution in [0.3, 0.4) is 0 Å². The van der Waals surface area contributed by atoms with Crippen molar-refractivity contribution in [2.24, 2.45) is 4.99 Å². The summed E-state index contributed by atoms with van der Waals surface area (Å²) in [5, 5.41) is 4.03. The fourth-order valence-electron chi connectivity index (χ4n) is 2.33. The van der Waals surface area contributed by atoms with Gasteiger partial charge in [0.2, 0.25) is 0 Å². The van der Waals surface area contributed by atoms with Crippen LogP contribution < -0.4 is 5.32 Å². The summed E-state index contributed by atoms with van der Waals surface area (Å²) in [6.45, 7) is 7.21. The summed E-state index contributed by atoms with van der Waals surface area (Å²) in [6, 6.07) is 15.0. The Balaban J connectivity index is 2.09. The first-order valence-electron chi connectivity index (χ1n) is 7.97. The molecule has 0 aliphatic carbocycles. The van der Waals surface area contributed by atoms with Crippen LogP contribution in [0.1, 0.15) is 29.8 Å². The Morgan fingerprint density at radius 1 is 1.12 bits per heavy atom. The molecule has 0 aromatic heterocycles. The molecule has 0 atom stereocenters. The molecule has 1 N–H and O–H groups in total. The molecule has 0 aliphatic rings. The first-order chi connectivity index (χ1) is 12.0. The lowest BCUT2D eigenvalue weighted by Gasteiger charge is -2.11. The maximum absolute atomic E-state index is 11.3. The fourth-order valence-corrected chi connectivity index (χ4v) is 2.46. The summed E-state index contributed by atoms with van der Waals surface area (Å²) < 4.78 is 0. The zero-order valence-electron chi connectivity index (χ0n) is 14.4. The van der Waals surface area contributed by atoms with Crippen LogP contribution in [-0.2, 0) is 6.42 Å². The van der Waals surface area contributed by atoms with E-state index >= 15 is 0 Å². The van der Waals surface area contributed by atoms with E-state index in [0.717, 1.165) is 34.2 Å². The molecule has 0 bridgehead atoms. The Morgan fingerprint density at radius 2 is 1.76 bits per heavy atom. The Kier molecular flexibility index (Phi) is 6.72. The van der Waals surface area contributed by atoms with Gasteiger partial charge in [-0.15, -0.1) is 0 Å². The van der Waals surface area contributed by atoms with Crippen molar-refractivity contribution >= 4 is 28.9 Å². The number of hydrogen-bond donors (Lipinski definition) is 1. The van der Waals surface area contributed by atoms with Crippen molar-refractivity contribution in [3.05, 3.63) is 89.1 Å². The van der Waals surface area contributed by atoms with Crippen molar-refractivity contribution < 1.29 is 4.79 Å². The van der Waals surface area contributed by atoms with Gasteiger partial charge in [-0.25, -0.2) is 4.99 Å². The third-order valence-corrected chi connectivity index (χ3v) is 3.79. The Hall–Kier alpha value is -2.65. The van der Waals surface area contributed by atoms with E-state index in [1.807, 2.05) is 49.4 Å². The van der Waals surface area contributed by atoms with E-state index in [-0.39, 0.29) is 5.78 Å². The lowest BCUT2D eigenvalue weighted by atomic mass is 10.1. The van der Waals surface area contributed by atoms with Crippen LogP contribution in [0.5, 0.6) is 0 Å². The van der Waals surface area contributed by atoms with Gasteiger partial charge in [0.05, 0.1) is 5.69 Å². The number of allylic oxidation sites excluding steroid dienone is 3. The highest BCUT2D eigenvalue weighted by molar-refractivity contribution is 6.30. The largest absolute Gasteiger partial charge is 0.347 e. The molecule has 2 aromatic carbocycles. The molecule has 0 saturated carbocycles. The molecule has 0 heterocycles. The molecule has 0 fully saturated rings. The standard InChI is InChI=1S/C21H21ClN2O/c1-4-5-21(14-17-6-10-19(22)11-7-17)24-16(3)23-20-12-8-18(9-13-20)15(2)25/h4-13H,1,14H2,2-3H3,(H,23,24)/b21-5-. The Morgan fingerprint density at radius 3 is 2.32 bits per heavy atom. The molecule has 25 heavy (non-hydrogen) atoms. The Labute approximate surface area is 153 Å². The van der Waals surface area contributed by atoms with Gasteiger partial charge in [-0.05, 0) is 61.9 Å². The fraction of sp³-hybridized carbons (Fsp3) is 0.143. The van der Waals surface area contributed by atoms with Crippen LogP contribution in [0.25, 0.3) is 0 Å². The number of rotatable bonds is 6. The predicted molar refractivity (Wildman–Crippen MR) is 106 cm³/mol. The van der Waals surface area contributed by atoms with Crippen molar-refractivity contribution in [1.82, 2.24) is 5.32 Å². The topological polar surface area (TPSA) is 41.5 Å². The van der Waals surface area contributed by atoms with E-state index < -0.39 is 0 Å². The molecule has 0 aliphatic heterocycles. The van der Waals surface area contributed by atoms with E-state index in [9.17, 15) is 4.79 Å². The first-order valence-corrected chi connectivity index (χ1v) is 8.35. The molecule has 128 valence electrons. The third kappa shape index (κ3) is 6.05. The number of amidine groups is 1. The van der Waals surface area contributed by atoms with Gasteiger partial charge in [0.1, 0.15) is 5.84 Å². The van der Waals surface area contributed by atoms with E-state index in [1.54, 1.807) is 25.1 Å². The zero-order chi connectivity index (χ0) is 18.2. The van der Waals surface area contributed by atoms with Gasteiger partial charge < -0.3 is 5.32 Å². The van der Waals surface area contributed by atoms with Crippen LogP contribution in [0.15, 0.2) is 78.0 Å². The van der Waals surface area contributed by atoms with E-state index in [1.165, 1.54) is 0 Å².